The number of methoxy groups -OCH3 is 1. The van der Waals surface area contributed by atoms with Crippen molar-refractivity contribution in [3.8, 4) is 11.1 Å². The summed E-state index contributed by atoms with van der Waals surface area (Å²) in [7, 11) is 1.65. The van der Waals surface area contributed by atoms with Crippen LogP contribution >= 0.6 is 0 Å². The first-order valence-electron chi connectivity index (χ1n) is 11.3. The molecule has 1 saturated heterocycles. The van der Waals surface area contributed by atoms with Crippen LogP contribution in [0.15, 0.2) is 72.8 Å². The molecule has 4 rings (SSSR count). The Bertz CT molecular complexity index is 1110. The van der Waals surface area contributed by atoms with Crippen molar-refractivity contribution in [1.82, 2.24) is 10.2 Å². The highest BCUT2D eigenvalue weighted by Gasteiger charge is 2.29. The number of benzene rings is 3. The maximum absolute atomic E-state index is 13.2. The highest BCUT2D eigenvalue weighted by Crippen LogP contribution is 2.27. The van der Waals surface area contributed by atoms with Gasteiger partial charge in [0.05, 0.1) is 12.5 Å². The van der Waals surface area contributed by atoms with Crippen LogP contribution in [-0.4, -0.2) is 43.5 Å². The third-order valence-corrected chi connectivity index (χ3v) is 6.14. The summed E-state index contributed by atoms with van der Waals surface area (Å²) in [4.78, 5) is 27.9. The van der Waals surface area contributed by atoms with E-state index in [0.29, 0.717) is 38.2 Å². The van der Waals surface area contributed by atoms with Crippen molar-refractivity contribution in [3.63, 3.8) is 0 Å². The minimum atomic E-state index is -0.309. The number of nitrogens with one attached hydrogen (secondary N) is 1. The molecule has 0 aromatic heterocycles. The molecule has 33 heavy (non-hydrogen) atoms. The van der Waals surface area contributed by atoms with Gasteiger partial charge in [0.15, 0.2) is 0 Å². The first-order chi connectivity index (χ1) is 16.0. The fourth-order valence-corrected chi connectivity index (χ4v) is 4.31. The predicted octanol–water partition coefficient (Wildman–Crippen LogP) is 4.24. The second kappa shape index (κ2) is 10.5. The highest BCUT2D eigenvalue weighted by molar-refractivity contribution is 5.95. The smallest absolute Gasteiger partial charge is 0.253 e. The summed E-state index contributed by atoms with van der Waals surface area (Å²) in [6, 6.07) is 24.1. The fourth-order valence-electron chi connectivity index (χ4n) is 4.31. The van der Waals surface area contributed by atoms with Crippen molar-refractivity contribution >= 4 is 11.8 Å². The predicted molar refractivity (Wildman–Crippen MR) is 130 cm³/mol. The lowest BCUT2D eigenvalue weighted by molar-refractivity contribution is -0.124. The average molecular weight is 443 g/mol. The molecule has 0 bridgehead atoms. The van der Waals surface area contributed by atoms with Crippen molar-refractivity contribution in [2.45, 2.75) is 20.0 Å². The Kier molecular flexibility index (Phi) is 7.20. The van der Waals surface area contributed by atoms with E-state index in [1.165, 1.54) is 5.56 Å². The van der Waals surface area contributed by atoms with Crippen LogP contribution in [0.3, 0.4) is 0 Å². The summed E-state index contributed by atoms with van der Waals surface area (Å²) >= 11 is 0. The third-order valence-electron chi connectivity index (χ3n) is 6.14. The van der Waals surface area contributed by atoms with Crippen molar-refractivity contribution in [3.05, 3.63) is 95.1 Å². The fraction of sp³-hybridized carbons (Fsp3) is 0.286. The van der Waals surface area contributed by atoms with Gasteiger partial charge in [-0.25, -0.2) is 0 Å². The number of carbonyl (C=O) groups is 2. The largest absolute Gasteiger partial charge is 0.380 e. The van der Waals surface area contributed by atoms with Gasteiger partial charge in [-0.3, -0.25) is 9.59 Å². The zero-order valence-electron chi connectivity index (χ0n) is 19.2. The minimum Gasteiger partial charge on any atom is -0.380 e. The number of ether oxygens (including phenoxy) is 1. The number of carbonyl (C=O) groups excluding carboxylic acids is 2. The molecule has 5 nitrogen and oxygen atoms in total. The van der Waals surface area contributed by atoms with E-state index in [1.807, 2.05) is 36.4 Å². The molecule has 0 saturated carbocycles. The van der Waals surface area contributed by atoms with Gasteiger partial charge >= 0.3 is 0 Å². The van der Waals surface area contributed by atoms with E-state index in [-0.39, 0.29) is 17.7 Å². The standard InChI is InChI=1S/C28H30N2O3/c1-20-7-11-22(12-8-20)26-6-4-3-5-24(26)17-25-18-30(16-15-29-27(25)31)28(32)23-13-9-21(10-14-23)19-33-2/h3-14,25H,15-19H2,1-2H3,(H,29,31)/t25-/m1/s1. The minimum absolute atomic E-state index is 0.000508. The van der Waals surface area contributed by atoms with E-state index in [9.17, 15) is 9.59 Å². The Balaban J connectivity index is 1.54. The van der Waals surface area contributed by atoms with E-state index in [0.717, 1.165) is 22.3 Å². The molecule has 170 valence electrons. The summed E-state index contributed by atoms with van der Waals surface area (Å²) < 4.78 is 5.15. The number of aryl methyl sites for hydroxylation is 1. The zero-order valence-corrected chi connectivity index (χ0v) is 19.2. The van der Waals surface area contributed by atoms with E-state index < -0.39 is 0 Å². The van der Waals surface area contributed by atoms with Gasteiger partial charge < -0.3 is 15.0 Å². The quantitative estimate of drug-likeness (QED) is 0.621. The second-order valence-corrected chi connectivity index (χ2v) is 8.60. The molecular formula is C28H30N2O3. The van der Waals surface area contributed by atoms with Crippen molar-refractivity contribution in [1.29, 1.82) is 0 Å². The summed E-state index contributed by atoms with van der Waals surface area (Å²) in [5, 5.41) is 2.99. The molecule has 0 spiro atoms. The Morgan fingerprint density at radius 3 is 2.48 bits per heavy atom. The maximum Gasteiger partial charge on any atom is 0.253 e. The maximum atomic E-state index is 13.2. The molecular weight excluding hydrogens is 412 g/mol. The molecule has 0 radical (unpaired) electrons. The lowest BCUT2D eigenvalue weighted by Crippen LogP contribution is -2.37. The van der Waals surface area contributed by atoms with Crippen LogP contribution in [0.2, 0.25) is 0 Å². The third kappa shape index (κ3) is 5.49. The first kappa shape index (κ1) is 22.7. The molecule has 5 heteroatoms. The Labute approximate surface area is 195 Å². The van der Waals surface area contributed by atoms with E-state index in [1.54, 1.807) is 12.0 Å². The van der Waals surface area contributed by atoms with Crippen LogP contribution in [0.25, 0.3) is 11.1 Å². The summed E-state index contributed by atoms with van der Waals surface area (Å²) in [6.45, 7) is 3.94. The van der Waals surface area contributed by atoms with Crippen LogP contribution in [0.4, 0.5) is 0 Å². The molecule has 0 aliphatic carbocycles. The number of nitrogens with zero attached hydrogens (tertiary/aromatic N) is 1. The zero-order chi connectivity index (χ0) is 23.2. The van der Waals surface area contributed by atoms with Gasteiger partial charge in [-0.05, 0) is 47.7 Å². The summed E-state index contributed by atoms with van der Waals surface area (Å²) in [5.74, 6) is -0.359. The average Bonchev–Trinajstić information content (AvgIpc) is 3.02. The van der Waals surface area contributed by atoms with Crippen LogP contribution in [-0.2, 0) is 22.6 Å². The molecule has 0 unspecified atom stereocenters. The molecule has 1 N–H and O–H groups in total. The lowest BCUT2D eigenvalue weighted by atomic mass is 9.91. The first-order valence-corrected chi connectivity index (χ1v) is 11.3. The summed E-state index contributed by atoms with van der Waals surface area (Å²) in [6.07, 6.45) is 0.576. The van der Waals surface area contributed by atoms with Crippen LogP contribution in [0.1, 0.15) is 27.0 Å². The number of hydrogen-bond donors (Lipinski definition) is 1. The Morgan fingerprint density at radius 2 is 1.76 bits per heavy atom. The van der Waals surface area contributed by atoms with Crippen molar-refractivity contribution < 1.29 is 14.3 Å². The Morgan fingerprint density at radius 1 is 1.03 bits per heavy atom. The van der Waals surface area contributed by atoms with Gasteiger partial charge in [-0.15, -0.1) is 0 Å². The van der Waals surface area contributed by atoms with Crippen LogP contribution in [0, 0.1) is 12.8 Å². The molecule has 3 aromatic rings. The summed E-state index contributed by atoms with van der Waals surface area (Å²) in [5.41, 5.74) is 6.23. The SMILES string of the molecule is COCc1ccc(C(=O)N2CCNC(=O)[C@H](Cc3ccccc3-c3ccc(C)cc3)C2)cc1. The van der Waals surface area contributed by atoms with E-state index >= 15 is 0 Å². The molecule has 1 heterocycles. The normalized spacial score (nSPS) is 16.2. The number of rotatable bonds is 6. The molecule has 1 fully saturated rings. The van der Waals surface area contributed by atoms with Crippen molar-refractivity contribution in [2.75, 3.05) is 26.7 Å². The monoisotopic (exact) mass is 442 g/mol. The highest BCUT2D eigenvalue weighted by atomic mass is 16.5. The topological polar surface area (TPSA) is 58.6 Å². The van der Waals surface area contributed by atoms with Gasteiger partial charge in [0, 0.05) is 32.3 Å². The molecule has 3 aromatic carbocycles. The molecule has 1 atom stereocenters. The van der Waals surface area contributed by atoms with Crippen molar-refractivity contribution in [2.24, 2.45) is 5.92 Å². The van der Waals surface area contributed by atoms with E-state index in [4.69, 9.17) is 4.74 Å². The van der Waals surface area contributed by atoms with Gasteiger partial charge in [0.2, 0.25) is 5.91 Å². The van der Waals surface area contributed by atoms with Crippen LogP contribution in [0.5, 0.6) is 0 Å². The second-order valence-electron chi connectivity index (χ2n) is 8.60. The van der Waals surface area contributed by atoms with Gasteiger partial charge in [-0.2, -0.15) is 0 Å². The Hall–Kier alpha value is -3.44. The van der Waals surface area contributed by atoms with Crippen LogP contribution < -0.4 is 5.32 Å². The van der Waals surface area contributed by atoms with Gasteiger partial charge in [-0.1, -0.05) is 66.2 Å². The van der Waals surface area contributed by atoms with Gasteiger partial charge in [0.25, 0.3) is 5.91 Å². The number of hydrogen-bond acceptors (Lipinski definition) is 3. The molecule has 1 aliphatic rings. The van der Waals surface area contributed by atoms with Gasteiger partial charge in [0.1, 0.15) is 0 Å². The van der Waals surface area contributed by atoms with E-state index in [2.05, 4.69) is 48.6 Å². The number of amides is 2. The lowest BCUT2D eigenvalue weighted by Gasteiger charge is -2.24. The molecule has 1 aliphatic heterocycles. The molecule has 2 amide bonds.